The van der Waals surface area contributed by atoms with Crippen molar-refractivity contribution in [3.8, 4) is 0 Å². The normalized spacial score (nSPS) is 22.9. The third kappa shape index (κ3) is 3.94. The molecular weight excluding hydrogens is 212 g/mol. The summed E-state index contributed by atoms with van der Waals surface area (Å²) >= 11 is 0. The second kappa shape index (κ2) is 7.34. The van der Waals surface area contributed by atoms with E-state index in [0.717, 1.165) is 32.4 Å². The Morgan fingerprint density at radius 2 is 2.00 bits per heavy atom. The van der Waals surface area contributed by atoms with E-state index >= 15 is 0 Å². The number of rotatable bonds is 7. The zero-order chi connectivity index (χ0) is 12.7. The summed E-state index contributed by atoms with van der Waals surface area (Å²) in [4.78, 5) is 2.58. The van der Waals surface area contributed by atoms with Crippen molar-refractivity contribution in [1.29, 1.82) is 0 Å². The molecule has 3 N–H and O–H groups in total. The van der Waals surface area contributed by atoms with Gasteiger partial charge in [-0.2, -0.15) is 0 Å². The van der Waals surface area contributed by atoms with Gasteiger partial charge in [0.2, 0.25) is 0 Å². The van der Waals surface area contributed by atoms with Gasteiger partial charge in [0.05, 0.1) is 0 Å². The lowest BCUT2D eigenvalue weighted by molar-refractivity contribution is 0.0642. The highest BCUT2D eigenvalue weighted by Crippen LogP contribution is 2.30. The van der Waals surface area contributed by atoms with Crippen LogP contribution in [-0.4, -0.2) is 42.3 Å². The summed E-state index contributed by atoms with van der Waals surface area (Å²) in [5.74, 6) is 0. The molecular formula is C14H30N2O. The van der Waals surface area contributed by atoms with Crippen molar-refractivity contribution in [2.75, 3.05) is 26.2 Å². The van der Waals surface area contributed by atoms with Gasteiger partial charge in [0.1, 0.15) is 0 Å². The molecule has 0 aromatic carbocycles. The molecule has 1 saturated heterocycles. The Morgan fingerprint density at radius 3 is 2.53 bits per heavy atom. The van der Waals surface area contributed by atoms with Crippen LogP contribution in [0.5, 0.6) is 0 Å². The molecule has 1 aliphatic heterocycles. The Hall–Kier alpha value is -0.120. The number of aliphatic hydroxyl groups is 1. The van der Waals surface area contributed by atoms with Gasteiger partial charge in [0.15, 0.2) is 0 Å². The van der Waals surface area contributed by atoms with Gasteiger partial charge in [0.25, 0.3) is 0 Å². The first-order valence-electron chi connectivity index (χ1n) is 7.26. The average Bonchev–Trinajstić information content (AvgIpc) is 2.38. The number of likely N-dealkylation sites (tertiary alicyclic amines) is 1. The number of nitrogens with zero attached hydrogens (tertiary/aromatic N) is 1. The summed E-state index contributed by atoms with van der Waals surface area (Å²) < 4.78 is 0. The summed E-state index contributed by atoms with van der Waals surface area (Å²) in [7, 11) is 0. The van der Waals surface area contributed by atoms with Crippen molar-refractivity contribution in [3.05, 3.63) is 0 Å². The van der Waals surface area contributed by atoms with Gasteiger partial charge in [-0.05, 0) is 50.6 Å². The minimum absolute atomic E-state index is 0.283. The highest BCUT2D eigenvalue weighted by molar-refractivity contribution is 4.86. The SMILES string of the molecule is CCC(CC)(CN)CN1CCCCC1CCO. The van der Waals surface area contributed by atoms with Crippen molar-refractivity contribution >= 4 is 0 Å². The largest absolute Gasteiger partial charge is 0.396 e. The molecule has 0 amide bonds. The second-order valence-electron chi connectivity index (χ2n) is 5.54. The van der Waals surface area contributed by atoms with E-state index in [2.05, 4.69) is 18.7 Å². The van der Waals surface area contributed by atoms with Crippen molar-refractivity contribution < 1.29 is 5.11 Å². The molecule has 1 fully saturated rings. The first-order valence-corrected chi connectivity index (χ1v) is 7.26. The standard InChI is InChI=1S/C14H30N2O/c1-3-14(4-2,11-15)12-16-9-6-5-7-13(16)8-10-17/h13,17H,3-12,15H2,1-2H3. The minimum atomic E-state index is 0.283. The first kappa shape index (κ1) is 14.9. The van der Waals surface area contributed by atoms with Crippen molar-refractivity contribution in [2.45, 2.75) is 58.4 Å². The predicted molar refractivity (Wildman–Crippen MR) is 73.0 cm³/mol. The molecule has 0 bridgehead atoms. The fourth-order valence-electron chi connectivity index (χ4n) is 3.00. The van der Waals surface area contributed by atoms with Crippen LogP contribution in [0.1, 0.15) is 52.4 Å². The smallest absolute Gasteiger partial charge is 0.0445 e. The Morgan fingerprint density at radius 1 is 1.29 bits per heavy atom. The molecule has 1 heterocycles. The van der Waals surface area contributed by atoms with E-state index in [4.69, 9.17) is 10.8 Å². The maximum absolute atomic E-state index is 9.15. The monoisotopic (exact) mass is 242 g/mol. The summed E-state index contributed by atoms with van der Waals surface area (Å²) in [5.41, 5.74) is 6.27. The second-order valence-corrected chi connectivity index (χ2v) is 5.54. The van der Waals surface area contributed by atoms with Crippen LogP contribution in [0, 0.1) is 5.41 Å². The molecule has 1 atom stereocenters. The molecule has 17 heavy (non-hydrogen) atoms. The van der Waals surface area contributed by atoms with Crippen molar-refractivity contribution in [2.24, 2.45) is 11.1 Å². The summed E-state index contributed by atoms with van der Waals surface area (Å²) in [5, 5.41) is 9.15. The molecule has 102 valence electrons. The van der Waals surface area contributed by atoms with Crippen LogP contribution < -0.4 is 5.73 Å². The molecule has 0 aromatic heterocycles. The van der Waals surface area contributed by atoms with Crippen LogP contribution in [0.3, 0.4) is 0 Å². The number of hydrogen-bond acceptors (Lipinski definition) is 3. The van der Waals surface area contributed by atoms with Crippen LogP contribution >= 0.6 is 0 Å². The van der Waals surface area contributed by atoms with E-state index in [1.54, 1.807) is 0 Å². The highest BCUT2D eigenvalue weighted by atomic mass is 16.3. The Balaban J connectivity index is 2.61. The predicted octanol–water partition coefficient (Wildman–Crippen LogP) is 1.99. The molecule has 3 heteroatoms. The van der Waals surface area contributed by atoms with Gasteiger partial charge in [0, 0.05) is 19.2 Å². The van der Waals surface area contributed by atoms with Crippen LogP contribution in [0.4, 0.5) is 0 Å². The third-order valence-electron chi connectivity index (χ3n) is 4.68. The van der Waals surface area contributed by atoms with Gasteiger partial charge in [-0.3, -0.25) is 4.90 Å². The lowest BCUT2D eigenvalue weighted by atomic mass is 9.80. The highest BCUT2D eigenvalue weighted by Gasteiger charge is 2.31. The fourth-order valence-corrected chi connectivity index (χ4v) is 3.00. The third-order valence-corrected chi connectivity index (χ3v) is 4.68. The number of hydrogen-bond donors (Lipinski definition) is 2. The van der Waals surface area contributed by atoms with E-state index in [1.165, 1.54) is 25.8 Å². The first-order chi connectivity index (χ1) is 8.21. The minimum Gasteiger partial charge on any atom is -0.396 e. The van der Waals surface area contributed by atoms with E-state index in [0.29, 0.717) is 12.6 Å². The molecule has 0 saturated carbocycles. The van der Waals surface area contributed by atoms with Gasteiger partial charge >= 0.3 is 0 Å². The summed E-state index contributed by atoms with van der Waals surface area (Å²) in [6.45, 7) is 7.90. The number of nitrogens with two attached hydrogens (primary N) is 1. The van der Waals surface area contributed by atoms with Crippen molar-refractivity contribution in [3.63, 3.8) is 0 Å². The fraction of sp³-hybridized carbons (Fsp3) is 1.00. The topological polar surface area (TPSA) is 49.5 Å². The van der Waals surface area contributed by atoms with Crippen LogP contribution in [0.2, 0.25) is 0 Å². The molecule has 1 aliphatic rings. The number of aliphatic hydroxyl groups excluding tert-OH is 1. The summed E-state index contributed by atoms with van der Waals surface area (Å²) in [6, 6.07) is 0.581. The van der Waals surface area contributed by atoms with E-state index < -0.39 is 0 Å². The quantitative estimate of drug-likeness (QED) is 0.718. The van der Waals surface area contributed by atoms with Crippen LogP contribution in [0.25, 0.3) is 0 Å². The van der Waals surface area contributed by atoms with E-state index in [-0.39, 0.29) is 5.41 Å². The average molecular weight is 242 g/mol. The Labute approximate surface area is 106 Å². The Kier molecular flexibility index (Phi) is 6.45. The van der Waals surface area contributed by atoms with Gasteiger partial charge in [-0.1, -0.05) is 20.3 Å². The van der Waals surface area contributed by atoms with Gasteiger partial charge < -0.3 is 10.8 Å². The van der Waals surface area contributed by atoms with E-state index in [1.807, 2.05) is 0 Å². The van der Waals surface area contributed by atoms with Gasteiger partial charge in [-0.15, -0.1) is 0 Å². The molecule has 0 radical (unpaired) electrons. The zero-order valence-electron chi connectivity index (χ0n) is 11.6. The van der Waals surface area contributed by atoms with Gasteiger partial charge in [-0.25, -0.2) is 0 Å². The molecule has 1 unspecified atom stereocenters. The number of piperidine rings is 1. The molecule has 0 aromatic rings. The van der Waals surface area contributed by atoms with Crippen LogP contribution in [-0.2, 0) is 0 Å². The maximum Gasteiger partial charge on any atom is 0.0445 e. The zero-order valence-corrected chi connectivity index (χ0v) is 11.6. The molecule has 0 spiro atoms. The summed E-state index contributed by atoms with van der Waals surface area (Å²) in [6.07, 6.45) is 7.10. The molecule has 1 rings (SSSR count). The van der Waals surface area contributed by atoms with E-state index in [9.17, 15) is 0 Å². The van der Waals surface area contributed by atoms with Crippen LogP contribution in [0.15, 0.2) is 0 Å². The molecule has 3 nitrogen and oxygen atoms in total. The lowest BCUT2D eigenvalue weighted by Crippen LogP contribution is -2.48. The maximum atomic E-state index is 9.15. The van der Waals surface area contributed by atoms with Crippen molar-refractivity contribution in [1.82, 2.24) is 4.90 Å². The molecule has 0 aliphatic carbocycles. The Bertz CT molecular complexity index is 194. The lowest BCUT2D eigenvalue weighted by Gasteiger charge is -2.42.